The van der Waals surface area contributed by atoms with E-state index in [0.29, 0.717) is 5.75 Å². The predicted octanol–water partition coefficient (Wildman–Crippen LogP) is 7.60. The van der Waals surface area contributed by atoms with Gasteiger partial charge in [0.1, 0.15) is 0 Å². The number of thiol groups is 2. The molecule has 0 aliphatic rings. The average Bonchev–Trinajstić information content (AvgIpc) is 2.98. The van der Waals surface area contributed by atoms with Gasteiger partial charge in [-0.05, 0) is 98.7 Å². The molecule has 0 atom stereocenters. The number of nitrogens with one attached hydrogen (secondary N) is 2. The van der Waals surface area contributed by atoms with Crippen molar-refractivity contribution in [1.29, 1.82) is 10.8 Å². The molecule has 0 spiro atoms. The summed E-state index contributed by atoms with van der Waals surface area (Å²) >= 11 is 8.02. The quantitative estimate of drug-likeness (QED) is 0.0886. The normalized spacial score (nSPS) is 11.5. The molecule has 6 heteroatoms. The largest absolute Gasteiger partial charge is 0.404 e. The van der Waals surface area contributed by atoms with Crippen LogP contribution in [0.15, 0.2) is 95.6 Å². The van der Waals surface area contributed by atoms with E-state index in [0.717, 1.165) is 49.4 Å². The van der Waals surface area contributed by atoms with E-state index in [1.807, 2.05) is 19.1 Å². The van der Waals surface area contributed by atoms with Gasteiger partial charge in [-0.3, -0.25) is 0 Å². The van der Waals surface area contributed by atoms with Crippen molar-refractivity contribution in [1.82, 2.24) is 0 Å². The highest BCUT2D eigenvalue weighted by Gasteiger charge is 2.13. The third-order valence-corrected chi connectivity index (χ3v) is 6.14. The number of benzene rings is 4. The third kappa shape index (κ3) is 7.46. The molecular formula is C31H34N4S2. The molecule has 0 aromatic heterocycles. The first-order valence-electron chi connectivity index (χ1n) is 11.7. The number of hydrogen-bond donors (Lipinski definition) is 6. The van der Waals surface area contributed by atoms with Gasteiger partial charge in [0.15, 0.2) is 0 Å². The molecule has 37 heavy (non-hydrogen) atoms. The summed E-state index contributed by atoms with van der Waals surface area (Å²) in [6.07, 6.45) is 8.30. The molecule has 0 saturated carbocycles. The molecule has 4 nitrogen and oxygen atoms in total. The summed E-state index contributed by atoms with van der Waals surface area (Å²) in [5.41, 5.74) is 15.6. The molecule has 0 aliphatic heterocycles. The summed E-state index contributed by atoms with van der Waals surface area (Å²) in [6.45, 7) is 1.95. The molecule has 190 valence electrons. The van der Waals surface area contributed by atoms with Crippen LogP contribution in [-0.2, 0) is 0 Å². The number of hydrogen-bond acceptors (Lipinski definition) is 6. The molecular weight excluding hydrogens is 493 g/mol. The Balaban J connectivity index is 0.000000733. The fourth-order valence-electron chi connectivity index (χ4n) is 3.95. The maximum absolute atomic E-state index is 7.75. The summed E-state index contributed by atoms with van der Waals surface area (Å²) in [7, 11) is 1.50. The molecule has 0 amide bonds. The number of fused-ring (bicyclic) bond motifs is 2. The Morgan fingerprint density at radius 1 is 0.757 bits per heavy atom. The van der Waals surface area contributed by atoms with Gasteiger partial charge in [-0.25, -0.2) is 0 Å². The average molecular weight is 527 g/mol. The zero-order chi connectivity index (χ0) is 27.2. The maximum Gasteiger partial charge on any atom is 0.0218 e. The maximum atomic E-state index is 7.75. The highest BCUT2D eigenvalue weighted by Crippen LogP contribution is 2.37. The first kappa shape index (κ1) is 29.6. The van der Waals surface area contributed by atoms with Crippen LogP contribution in [0.25, 0.3) is 44.8 Å². The van der Waals surface area contributed by atoms with Gasteiger partial charge in [0.25, 0.3) is 0 Å². The molecule has 0 saturated heterocycles. The number of rotatable bonds is 6. The van der Waals surface area contributed by atoms with Gasteiger partial charge in [0, 0.05) is 18.2 Å². The Hall–Kier alpha value is -3.58. The highest BCUT2D eigenvalue weighted by molar-refractivity contribution is 7.83. The van der Waals surface area contributed by atoms with Crippen molar-refractivity contribution < 1.29 is 0 Å². The first-order chi connectivity index (χ1) is 18.1. The van der Waals surface area contributed by atoms with Crippen molar-refractivity contribution in [2.45, 2.75) is 6.92 Å². The van der Waals surface area contributed by atoms with E-state index in [-0.39, 0.29) is 0 Å². The van der Waals surface area contributed by atoms with Crippen LogP contribution in [-0.4, -0.2) is 25.2 Å². The summed E-state index contributed by atoms with van der Waals surface area (Å²) in [4.78, 5) is 0. The van der Waals surface area contributed by atoms with E-state index in [1.54, 1.807) is 0 Å². The van der Waals surface area contributed by atoms with Crippen molar-refractivity contribution in [3.63, 3.8) is 0 Å². The lowest BCUT2D eigenvalue weighted by atomic mass is 9.88. The Kier molecular flexibility index (Phi) is 12.4. The van der Waals surface area contributed by atoms with E-state index in [4.69, 9.17) is 16.6 Å². The van der Waals surface area contributed by atoms with Crippen LogP contribution in [0.3, 0.4) is 0 Å². The van der Waals surface area contributed by atoms with Crippen molar-refractivity contribution in [2.24, 2.45) is 11.5 Å². The topological polar surface area (TPSA) is 99.7 Å². The van der Waals surface area contributed by atoms with Crippen molar-refractivity contribution in [2.75, 3.05) is 12.8 Å². The Bertz CT molecular complexity index is 1430. The molecule has 0 heterocycles. The SMILES string of the molecule is C/C(C=N)=C/c1c2ccccc2c(/C=C(\C=N)CS)c2ccc(-c3ccccc3)cc12.CN.N/C=C\S. The predicted molar refractivity (Wildman–Crippen MR) is 172 cm³/mol. The van der Waals surface area contributed by atoms with Gasteiger partial charge in [0.2, 0.25) is 0 Å². The van der Waals surface area contributed by atoms with Crippen LogP contribution in [0.4, 0.5) is 0 Å². The Morgan fingerprint density at radius 3 is 1.81 bits per heavy atom. The molecule has 4 rings (SSSR count). The smallest absolute Gasteiger partial charge is 0.0218 e. The fraction of sp³-hybridized carbons (Fsp3) is 0.0968. The lowest BCUT2D eigenvalue weighted by Gasteiger charge is -2.15. The molecule has 4 aromatic rings. The molecule has 0 bridgehead atoms. The van der Waals surface area contributed by atoms with Crippen molar-refractivity contribution in [3.05, 3.63) is 107 Å². The number of nitrogens with two attached hydrogens (primary N) is 2. The second-order valence-electron chi connectivity index (χ2n) is 7.90. The van der Waals surface area contributed by atoms with Crippen LogP contribution in [0, 0.1) is 10.8 Å². The highest BCUT2D eigenvalue weighted by atomic mass is 32.1. The van der Waals surface area contributed by atoms with Crippen LogP contribution in [0.1, 0.15) is 18.1 Å². The van der Waals surface area contributed by atoms with E-state index in [9.17, 15) is 0 Å². The minimum Gasteiger partial charge on any atom is -0.404 e. The van der Waals surface area contributed by atoms with Crippen LogP contribution >= 0.6 is 25.3 Å². The Labute approximate surface area is 230 Å². The van der Waals surface area contributed by atoms with Gasteiger partial charge in [0.05, 0.1) is 0 Å². The molecule has 0 radical (unpaired) electrons. The summed E-state index contributed by atoms with van der Waals surface area (Å²) in [5, 5.41) is 21.5. The standard InChI is InChI=1S/C28H24N2S.C2H5NS.CH5N/c1-19(16-29)13-26-23-9-5-6-10-24(23)27(14-20(17-30)18-31)25-12-11-22(15-28(25)26)21-7-3-2-4-8-21;3-1-2-4;1-2/h2-17,29-31H,18H2,1H3;1-2,4H,3H2;2H2,1H3/b19-13-,20-14+,29-16?,30-17?;2-1-;. The van der Waals surface area contributed by atoms with Gasteiger partial charge in [-0.15, -0.1) is 12.6 Å². The summed E-state index contributed by atoms with van der Waals surface area (Å²) in [5.74, 6) is 0.510. The van der Waals surface area contributed by atoms with Crippen LogP contribution in [0.5, 0.6) is 0 Å². The lowest BCUT2D eigenvalue weighted by molar-refractivity contribution is 1.48. The van der Waals surface area contributed by atoms with Crippen molar-refractivity contribution in [3.8, 4) is 11.1 Å². The second kappa shape index (κ2) is 15.5. The van der Waals surface area contributed by atoms with E-state index in [2.05, 4.69) is 104 Å². The third-order valence-electron chi connectivity index (χ3n) is 5.60. The Morgan fingerprint density at radius 2 is 1.30 bits per heavy atom. The minimum atomic E-state index is 0.510. The zero-order valence-electron chi connectivity index (χ0n) is 21.1. The van der Waals surface area contributed by atoms with E-state index >= 15 is 0 Å². The molecule has 0 aliphatic carbocycles. The van der Waals surface area contributed by atoms with E-state index in [1.165, 1.54) is 36.6 Å². The molecule has 6 N–H and O–H groups in total. The molecule has 4 aromatic carbocycles. The minimum absolute atomic E-state index is 0.510. The summed E-state index contributed by atoms with van der Waals surface area (Å²) in [6, 6.07) is 25.3. The lowest BCUT2D eigenvalue weighted by Crippen LogP contribution is -1.93. The van der Waals surface area contributed by atoms with Crippen molar-refractivity contribution >= 4 is 71.4 Å². The van der Waals surface area contributed by atoms with Crippen LogP contribution in [0.2, 0.25) is 0 Å². The molecule has 0 unspecified atom stereocenters. The summed E-state index contributed by atoms with van der Waals surface area (Å²) < 4.78 is 0. The van der Waals surface area contributed by atoms with Gasteiger partial charge in [-0.1, -0.05) is 66.7 Å². The van der Waals surface area contributed by atoms with Gasteiger partial charge < -0.3 is 22.3 Å². The number of allylic oxidation sites excluding steroid dienone is 1. The zero-order valence-corrected chi connectivity index (χ0v) is 22.9. The van der Waals surface area contributed by atoms with Gasteiger partial charge >= 0.3 is 0 Å². The second-order valence-corrected chi connectivity index (χ2v) is 8.51. The first-order valence-corrected chi connectivity index (χ1v) is 12.9. The van der Waals surface area contributed by atoms with Crippen LogP contribution < -0.4 is 11.5 Å². The fourth-order valence-corrected chi connectivity index (χ4v) is 4.14. The van der Waals surface area contributed by atoms with Gasteiger partial charge in [-0.2, -0.15) is 12.6 Å². The monoisotopic (exact) mass is 526 g/mol. The molecule has 0 fully saturated rings. The van der Waals surface area contributed by atoms with E-state index < -0.39 is 0 Å².